The third kappa shape index (κ3) is 5.99. The summed E-state index contributed by atoms with van der Waals surface area (Å²) in [6, 6.07) is 1.75. The number of hydrogen-bond donors (Lipinski definition) is 2. The Morgan fingerprint density at radius 1 is 1.32 bits per heavy atom. The molecule has 0 saturated heterocycles. The second kappa shape index (κ2) is 8.92. The highest BCUT2D eigenvalue weighted by atomic mass is 32.1. The maximum absolute atomic E-state index is 11.7. The van der Waals surface area contributed by atoms with Crippen molar-refractivity contribution < 1.29 is 14.3 Å². The Morgan fingerprint density at radius 3 is 2.80 bits per heavy atom. The summed E-state index contributed by atoms with van der Waals surface area (Å²) < 4.78 is 5.12. The number of carbonyl (C=O) groups excluding carboxylic acids is 2. The molecule has 25 heavy (non-hydrogen) atoms. The van der Waals surface area contributed by atoms with Gasteiger partial charge >= 0.3 is 5.97 Å². The number of amides is 1. The molecule has 0 unspecified atom stereocenters. The molecule has 0 spiro atoms. The third-order valence-electron chi connectivity index (χ3n) is 3.08. The van der Waals surface area contributed by atoms with Gasteiger partial charge in [0.15, 0.2) is 12.4 Å². The zero-order valence-electron chi connectivity index (χ0n) is 14.1. The van der Waals surface area contributed by atoms with Gasteiger partial charge in [-0.3, -0.25) is 9.59 Å². The first-order chi connectivity index (χ1) is 12.0. The summed E-state index contributed by atoms with van der Waals surface area (Å²) in [5.41, 5.74) is 6.22. The highest BCUT2D eigenvalue weighted by molar-refractivity contribution is 7.08. The van der Waals surface area contributed by atoms with Gasteiger partial charge in [0.05, 0.1) is 0 Å². The molecule has 2 heterocycles. The molecule has 0 saturated carbocycles. The molecule has 0 atom stereocenters. The van der Waals surface area contributed by atoms with Gasteiger partial charge in [-0.25, -0.2) is 0 Å². The second-order valence-electron chi connectivity index (χ2n) is 5.34. The normalized spacial score (nSPS) is 10.3. The zero-order chi connectivity index (χ0) is 18.2. The predicted molar refractivity (Wildman–Crippen MR) is 94.2 cm³/mol. The van der Waals surface area contributed by atoms with E-state index in [4.69, 9.17) is 10.5 Å². The molecule has 0 radical (unpaired) electrons. The zero-order valence-corrected chi connectivity index (χ0v) is 14.9. The van der Waals surface area contributed by atoms with E-state index in [9.17, 15) is 9.59 Å². The molecule has 10 heteroatoms. The first-order valence-corrected chi connectivity index (χ1v) is 8.53. The maximum Gasteiger partial charge on any atom is 0.306 e. The lowest BCUT2D eigenvalue weighted by Gasteiger charge is -2.11. The molecule has 2 rings (SSSR count). The number of hydrogen-bond acceptors (Lipinski definition) is 9. The van der Waals surface area contributed by atoms with Gasteiger partial charge < -0.3 is 20.7 Å². The minimum atomic E-state index is -0.393. The lowest BCUT2D eigenvalue weighted by molar-refractivity contribution is -0.145. The maximum atomic E-state index is 11.7. The Bertz CT molecular complexity index is 720. The van der Waals surface area contributed by atoms with Crippen molar-refractivity contribution in [2.24, 2.45) is 0 Å². The number of nitrogen functional groups attached to an aromatic ring is 1. The first-order valence-electron chi connectivity index (χ1n) is 7.59. The molecule has 2 aromatic heterocycles. The van der Waals surface area contributed by atoms with Gasteiger partial charge in [0, 0.05) is 38.0 Å². The standard InChI is InChI=1S/C15H20N6O3S/c1-21(2)15-19-11(18-14(16)20-15)8-24-12(22)4-3-6-17-13(23)10-5-7-25-9-10/h5,7,9H,3-4,6,8H2,1-2H3,(H,17,23)(H2,16,18,19,20). The van der Waals surface area contributed by atoms with Crippen molar-refractivity contribution >= 4 is 35.1 Å². The Morgan fingerprint density at radius 2 is 2.12 bits per heavy atom. The number of nitrogens with one attached hydrogen (secondary N) is 1. The molecule has 0 aliphatic carbocycles. The topological polar surface area (TPSA) is 123 Å². The number of nitrogens with zero attached hydrogens (tertiary/aromatic N) is 4. The van der Waals surface area contributed by atoms with Gasteiger partial charge in [-0.2, -0.15) is 26.3 Å². The molecule has 9 nitrogen and oxygen atoms in total. The van der Waals surface area contributed by atoms with E-state index in [2.05, 4.69) is 20.3 Å². The van der Waals surface area contributed by atoms with Gasteiger partial charge in [0.25, 0.3) is 5.91 Å². The van der Waals surface area contributed by atoms with Crippen LogP contribution in [0.3, 0.4) is 0 Å². The van der Waals surface area contributed by atoms with Crippen LogP contribution in [0.4, 0.5) is 11.9 Å². The van der Waals surface area contributed by atoms with Crippen LogP contribution in [-0.2, 0) is 16.1 Å². The second-order valence-corrected chi connectivity index (χ2v) is 6.12. The minimum absolute atomic E-state index is 0.0703. The third-order valence-corrected chi connectivity index (χ3v) is 3.76. The number of thiophene rings is 1. The fourth-order valence-corrected chi connectivity index (χ4v) is 2.47. The van der Waals surface area contributed by atoms with Crippen LogP contribution in [0, 0.1) is 0 Å². The van der Waals surface area contributed by atoms with Crippen molar-refractivity contribution in [2.45, 2.75) is 19.4 Å². The average molecular weight is 364 g/mol. The molecule has 2 aromatic rings. The summed E-state index contributed by atoms with van der Waals surface area (Å²) in [6.07, 6.45) is 0.669. The number of anilines is 2. The molecular formula is C15H20N6O3S. The van der Waals surface area contributed by atoms with Gasteiger partial charge in [-0.15, -0.1) is 0 Å². The fourth-order valence-electron chi connectivity index (χ4n) is 1.84. The van der Waals surface area contributed by atoms with Crippen LogP contribution in [-0.4, -0.2) is 47.5 Å². The van der Waals surface area contributed by atoms with Gasteiger partial charge in [-0.05, 0) is 17.9 Å². The average Bonchev–Trinajstić information content (AvgIpc) is 3.11. The van der Waals surface area contributed by atoms with Crippen molar-refractivity contribution in [1.29, 1.82) is 0 Å². The summed E-state index contributed by atoms with van der Waals surface area (Å²) in [6.45, 7) is 0.320. The molecule has 1 amide bonds. The van der Waals surface area contributed by atoms with E-state index >= 15 is 0 Å². The lowest BCUT2D eigenvalue weighted by Crippen LogP contribution is -2.24. The van der Waals surface area contributed by atoms with Crippen molar-refractivity contribution in [3.8, 4) is 0 Å². The molecule has 0 fully saturated rings. The number of nitrogens with two attached hydrogens (primary N) is 1. The summed E-state index contributed by atoms with van der Waals surface area (Å²) in [5, 5.41) is 6.35. The SMILES string of the molecule is CN(C)c1nc(N)nc(COC(=O)CCCNC(=O)c2ccsc2)n1. The Hall–Kier alpha value is -2.75. The Kier molecular flexibility index (Phi) is 6.63. The number of carbonyl (C=O) groups is 2. The monoisotopic (exact) mass is 364 g/mol. The van der Waals surface area contributed by atoms with Crippen LogP contribution in [0.25, 0.3) is 0 Å². The van der Waals surface area contributed by atoms with Gasteiger partial charge in [-0.1, -0.05) is 0 Å². The summed E-state index contributed by atoms with van der Waals surface area (Å²) in [7, 11) is 3.55. The number of ether oxygens (including phenoxy) is 1. The van der Waals surface area contributed by atoms with E-state index in [1.807, 2.05) is 5.38 Å². The van der Waals surface area contributed by atoms with Crippen LogP contribution in [0.5, 0.6) is 0 Å². The van der Waals surface area contributed by atoms with Gasteiger partial charge in [0.1, 0.15) is 0 Å². The van der Waals surface area contributed by atoms with E-state index in [-0.39, 0.29) is 30.7 Å². The highest BCUT2D eigenvalue weighted by Gasteiger charge is 2.10. The van der Waals surface area contributed by atoms with Crippen LogP contribution in [0.2, 0.25) is 0 Å². The molecule has 3 N–H and O–H groups in total. The lowest BCUT2D eigenvalue weighted by atomic mass is 10.3. The van der Waals surface area contributed by atoms with Crippen molar-refractivity contribution in [1.82, 2.24) is 20.3 Å². The van der Waals surface area contributed by atoms with Crippen molar-refractivity contribution in [3.63, 3.8) is 0 Å². The summed E-state index contributed by atoms with van der Waals surface area (Å²) in [4.78, 5) is 37.2. The smallest absolute Gasteiger partial charge is 0.306 e. The van der Waals surface area contributed by atoms with Crippen LogP contribution < -0.4 is 16.0 Å². The van der Waals surface area contributed by atoms with Crippen molar-refractivity contribution in [3.05, 3.63) is 28.2 Å². The molecule has 0 aromatic carbocycles. The number of aromatic nitrogens is 3. The van der Waals surface area contributed by atoms with E-state index in [0.717, 1.165) is 0 Å². The van der Waals surface area contributed by atoms with E-state index in [1.54, 1.807) is 30.4 Å². The fraction of sp³-hybridized carbons (Fsp3) is 0.400. The van der Waals surface area contributed by atoms with Crippen LogP contribution in [0.1, 0.15) is 29.0 Å². The number of esters is 1. The summed E-state index contributed by atoms with van der Waals surface area (Å²) in [5.74, 6) is 0.215. The highest BCUT2D eigenvalue weighted by Crippen LogP contribution is 2.07. The Balaban J connectivity index is 1.70. The molecule has 0 aliphatic rings. The van der Waals surface area contributed by atoms with E-state index in [1.165, 1.54) is 11.3 Å². The minimum Gasteiger partial charge on any atom is -0.457 e. The van der Waals surface area contributed by atoms with E-state index in [0.29, 0.717) is 24.5 Å². The van der Waals surface area contributed by atoms with Gasteiger partial charge in [0.2, 0.25) is 11.9 Å². The van der Waals surface area contributed by atoms with Crippen LogP contribution >= 0.6 is 11.3 Å². The predicted octanol–water partition coefficient (Wildman–Crippen LogP) is 0.835. The Labute approximate surface area is 149 Å². The summed E-state index contributed by atoms with van der Waals surface area (Å²) >= 11 is 1.46. The quantitative estimate of drug-likeness (QED) is 0.521. The van der Waals surface area contributed by atoms with Crippen LogP contribution in [0.15, 0.2) is 16.8 Å². The van der Waals surface area contributed by atoms with E-state index < -0.39 is 5.97 Å². The van der Waals surface area contributed by atoms with Crippen molar-refractivity contribution in [2.75, 3.05) is 31.3 Å². The molecule has 0 bridgehead atoms. The largest absolute Gasteiger partial charge is 0.457 e. The molecular weight excluding hydrogens is 344 g/mol. The molecule has 134 valence electrons. The number of rotatable bonds is 8. The first kappa shape index (κ1) is 18.6. The molecule has 0 aliphatic heterocycles.